The van der Waals surface area contributed by atoms with E-state index in [4.69, 9.17) is 9.47 Å². The van der Waals surface area contributed by atoms with Crippen molar-refractivity contribution in [3.05, 3.63) is 93.2 Å². The predicted molar refractivity (Wildman–Crippen MR) is 171 cm³/mol. The largest absolute Gasteiger partial charge is 0.489 e. The lowest BCUT2D eigenvalue weighted by atomic mass is 9.85. The number of aromatic nitrogens is 3. The number of hydrogen-bond donors (Lipinski definition) is 3. The Bertz CT molecular complexity index is 1770. The lowest BCUT2D eigenvalue weighted by molar-refractivity contribution is 0.0325. The van der Waals surface area contributed by atoms with Crippen LogP contribution < -0.4 is 20.6 Å². The molecule has 0 bridgehead atoms. The number of rotatable bonds is 10. The van der Waals surface area contributed by atoms with Crippen LogP contribution in [0.2, 0.25) is 0 Å². The normalized spacial score (nSPS) is 13.5. The van der Waals surface area contributed by atoms with E-state index in [1.54, 1.807) is 47.6 Å². The van der Waals surface area contributed by atoms with Gasteiger partial charge in [0.05, 0.1) is 43.6 Å². The average Bonchev–Trinajstić information content (AvgIpc) is 3.02. The number of nitrogens with one attached hydrogen (secondary N) is 1. The number of ether oxygens (including phenoxy) is 2. The fourth-order valence-electron chi connectivity index (χ4n) is 5.01. The van der Waals surface area contributed by atoms with Crippen LogP contribution in [0.3, 0.4) is 0 Å². The molecule has 0 fully saturated rings. The summed E-state index contributed by atoms with van der Waals surface area (Å²) in [6.07, 6.45) is 2.35. The van der Waals surface area contributed by atoms with E-state index in [1.165, 1.54) is 25.0 Å². The summed E-state index contributed by atoms with van der Waals surface area (Å²) in [5.41, 5.74) is 3.90. The number of benzene rings is 2. The Labute approximate surface area is 260 Å². The summed E-state index contributed by atoms with van der Waals surface area (Å²) >= 11 is 0. The molecule has 1 aliphatic heterocycles. The van der Waals surface area contributed by atoms with Gasteiger partial charge < -0.3 is 25.0 Å². The third-order valence-corrected chi connectivity index (χ3v) is 7.47. The van der Waals surface area contributed by atoms with E-state index < -0.39 is 6.10 Å². The van der Waals surface area contributed by atoms with Gasteiger partial charge in [0.2, 0.25) is 0 Å². The van der Waals surface area contributed by atoms with E-state index >= 15 is 4.39 Å². The Morgan fingerprint density at radius 3 is 2.62 bits per heavy atom. The lowest BCUT2D eigenvalue weighted by Crippen LogP contribution is -2.25. The SMILES string of the molecule is COC[C@H](O)COc1ccc(Nc2cc(-c3cccc(N4Cc5c(F)cc(C(C)(C)C)cc5C=N4)c3CO)nn(C)c2=O)nc1. The van der Waals surface area contributed by atoms with E-state index in [-0.39, 0.29) is 48.8 Å². The van der Waals surface area contributed by atoms with Crippen molar-refractivity contribution in [3.8, 4) is 17.0 Å². The zero-order valence-electron chi connectivity index (χ0n) is 25.9. The maximum absolute atomic E-state index is 15.3. The highest BCUT2D eigenvalue weighted by Gasteiger charge is 2.24. The first-order chi connectivity index (χ1) is 21.5. The van der Waals surface area contributed by atoms with E-state index in [9.17, 15) is 15.0 Å². The minimum absolute atomic E-state index is 0.0468. The number of pyridine rings is 1. The van der Waals surface area contributed by atoms with Gasteiger partial charge in [-0.1, -0.05) is 32.9 Å². The van der Waals surface area contributed by atoms with Gasteiger partial charge >= 0.3 is 0 Å². The third kappa shape index (κ3) is 7.03. The van der Waals surface area contributed by atoms with E-state index in [0.717, 1.165) is 11.1 Å². The minimum atomic E-state index is -0.770. The Morgan fingerprint density at radius 2 is 1.93 bits per heavy atom. The molecule has 11 nitrogen and oxygen atoms in total. The molecule has 2 aromatic carbocycles. The number of aliphatic hydroxyl groups excluding tert-OH is 2. The summed E-state index contributed by atoms with van der Waals surface area (Å²) in [6, 6.07) is 13.9. The fraction of sp³-hybridized carbons (Fsp3) is 0.333. The second-order valence-corrected chi connectivity index (χ2v) is 11.8. The van der Waals surface area contributed by atoms with Crippen molar-refractivity contribution in [2.45, 2.75) is 45.4 Å². The number of hydrazone groups is 1. The molecular formula is C33H37FN6O5. The van der Waals surface area contributed by atoms with Crippen LogP contribution in [-0.4, -0.2) is 57.6 Å². The van der Waals surface area contributed by atoms with Crippen molar-refractivity contribution < 1.29 is 24.1 Å². The Hall–Kier alpha value is -4.65. The molecule has 0 radical (unpaired) electrons. The average molecular weight is 617 g/mol. The first-order valence-corrected chi connectivity index (χ1v) is 14.5. The van der Waals surface area contributed by atoms with E-state index in [2.05, 4.69) is 20.5 Å². The molecule has 45 heavy (non-hydrogen) atoms. The number of aliphatic hydroxyl groups is 2. The second kappa shape index (κ2) is 13.1. The summed E-state index contributed by atoms with van der Waals surface area (Å²) in [4.78, 5) is 17.3. The van der Waals surface area contributed by atoms with Crippen molar-refractivity contribution in [1.82, 2.24) is 14.8 Å². The number of nitrogens with zero attached hydrogens (tertiary/aromatic N) is 5. The molecule has 2 aromatic heterocycles. The number of fused-ring (bicyclic) bond motifs is 1. The van der Waals surface area contributed by atoms with Gasteiger partial charge in [-0.15, -0.1) is 0 Å². The van der Waals surface area contributed by atoms with E-state index in [1.807, 2.05) is 32.9 Å². The monoisotopic (exact) mass is 616 g/mol. The highest BCUT2D eigenvalue weighted by molar-refractivity contribution is 5.85. The topological polar surface area (TPSA) is 134 Å². The first kappa shape index (κ1) is 31.8. The third-order valence-electron chi connectivity index (χ3n) is 7.47. The molecule has 0 saturated heterocycles. The van der Waals surface area contributed by atoms with Gasteiger partial charge in [-0.05, 0) is 47.4 Å². The Kier molecular flexibility index (Phi) is 9.28. The summed E-state index contributed by atoms with van der Waals surface area (Å²) in [7, 11) is 3.03. The van der Waals surface area contributed by atoms with Gasteiger partial charge in [-0.3, -0.25) is 9.80 Å². The first-order valence-electron chi connectivity index (χ1n) is 14.5. The summed E-state index contributed by atoms with van der Waals surface area (Å²) in [5.74, 6) is 0.534. The van der Waals surface area contributed by atoms with E-state index in [0.29, 0.717) is 39.6 Å². The van der Waals surface area contributed by atoms with Crippen LogP contribution in [0.4, 0.5) is 21.6 Å². The second-order valence-electron chi connectivity index (χ2n) is 11.8. The summed E-state index contributed by atoms with van der Waals surface area (Å²) in [5, 5.41) is 34.0. The molecule has 3 heterocycles. The zero-order chi connectivity index (χ0) is 32.3. The molecule has 4 aromatic rings. The van der Waals surface area contributed by atoms with Crippen molar-refractivity contribution in [3.63, 3.8) is 0 Å². The van der Waals surface area contributed by atoms with Crippen molar-refractivity contribution in [1.29, 1.82) is 0 Å². The van der Waals surface area contributed by atoms with Gasteiger partial charge in [-0.25, -0.2) is 14.1 Å². The van der Waals surface area contributed by atoms with Crippen LogP contribution in [0, 0.1) is 5.82 Å². The van der Waals surface area contributed by atoms with Gasteiger partial charge in [-0.2, -0.15) is 10.2 Å². The molecule has 0 spiro atoms. The van der Waals surface area contributed by atoms with Gasteiger partial charge in [0.1, 0.15) is 35.8 Å². The quantitative estimate of drug-likeness (QED) is 0.239. The predicted octanol–water partition coefficient (Wildman–Crippen LogP) is 4.26. The molecule has 0 amide bonds. The molecule has 3 N–H and O–H groups in total. The molecule has 1 aliphatic rings. The number of anilines is 3. The minimum Gasteiger partial charge on any atom is -0.489 e. The smallest absolute Gasteiger partial charge is 0.290 e. The number of methoxy groups -OCH3 is 1. The standard InChI is InChI=1S/C33H37FN6O5/c1-33(2,3)21-11-20-14-36-40(16-25(20)27(34)12-21)30-8-6-7-24(26(30)17-41)28-13-29(32(43)39(4)38-28)37-31-10-9-23(15-35-31)45-19-22(42)18-44-5/h6-15,22,41-42H,16-19H2,1-5H3,(H,35,37)/t22-/m0/s1. The molecule has 0 saturated carbocycles. The molecule has 0 aliphatic carbocycles. The molecule has 1 atom stereocenters. The fourth-order valence-corrected chi connectivity index (χ4v) is 5.01. The molecule has 5 rings (SSSR count). The van der Waals surface area contributed by atoms with Crippen LogP contribution >= 0.6 is 0 Å². The number of halogens is 1. The van der Waals surface area contributed by atoms with Crippen molar-refractivity contribution in [2.75, 3.05) is 30.6 Å². The maximum atomic E-state index is 15.3. The van der Waals surface area contributed by atoms with Gasteiger partial charge in [0, 0.05) is 36.4 Å². The molecule has 236 valence electrons. The summed E-state index contributed by atoms with van der Waals surface area (Å²) in [6.45, 7) is 6.15. The van der Waals surface area contributed by atoms with Crippen LogP contribution in [0.5, 0.6) is 5.75 Å². The Balaban J connectivity index is 1.42. The molecule has 12 heteroatoms. The van der Waals surface area contributed by atoms with Crippen molar-refractivity contribution in [2.24, 2.45) is 12.1 Å². The van der Waals surface area contributed by atoms with Crippen LogP contribution in [0.25, 0.3) is 11.3 Å². The lowest BCUT2D eigenvalue weighted by Gasteiger charge is -2.28. The molecular weight excluding hydrogens is 579 g/mol. The summed E-state index contributed by atoms with van der Waals surface area (Å²) < 4.78 is 26.9. The zero-order valence-corrected chi connectivity index (χ0v) is 25.9. The van der Waals surface area contributed by atoms with Crippen LogP contribution in [0.15, 0.2) is 64.6 Å². The highest BCUT2D eigenvalue weighted by Crippen LogP contribution is 2.35. The van der Waals surface area contributed by atoms with Crippen LogP contribution in [-0.2, 0) is 30.4 Å². The number of hydrogen-bond acceptors (Lipinski definition) is 10. The van der Waals surface area contributed by atoms with Gasteiger partial charge in [0.15, 0.2) is 0 Å². The highest BCUT2D eigenvalue weighted by atomic mass is 19.1. The Morgan fingerprint density at radius 1 is 1.13 bits per heavy atom. The maximum Gasteiger partial charge on any atom is 0.290 e. The van der Waals surface area contributed by atoms with Crippen molar-refractivity contribution >= 4 is 23.4 Å². The molecule has 0 unspecified atom stereocenters. The number of aryl methyl sites for hydroxylation is 1. The van der Waals surface area contributed by atoms with Gasteiger partial charge in [0.25, 0.3) is 5.56 Å². The van der Waals surface area contributed by atoms with Crippen LogP contribution in [0.1, 0.15) is 43.0 Å².